The van der Waals surface area contributed by atoms with Gasteiger partial charge in [0.2, 0.25) is 0 Å². The van der Waals surface area contributed by atoms with Gasteiger partial charge in [0.15, 0.2) is 17.3 Å². The summed E-state index contributed by atoms with van der Waals surface area (Å²) in [7, 11) is 2.85. The number of hydrogen-bond acceptors (Lipinski definition) is 7. The number of nitriles is 1. The van der Waals surface area contributed by atoms with Crippen molar-refractivity contribution in [3.8, 4) is 17.6 Å². The molecule has 0 atom stereocenters. The van der Waals surface area contributed by atoms with Gasteiger partial charge in [0.25, 0.3) is 5.56 Å². The second-order valence-electron chi connectivity index (χ2n) is 5.86. The van der Waals surface area contributed by atoms with E-state index in [2.05, 4.69) is 4.98 Å². The molecule has 148 valence electrons. The molecule has 0 amide bonds. The number of rotatable bonds is 6. The maximum absolute atomic E-state index is 12.6. The molecular weight excluding hydrogens is 398 g/mol. The highest BCUT2D eigenvalue weighted by Gasteiger charge is 2.18. The highest BCUT2D eigenvalue weighted by molar-refractivity contribution is 6.32. The van der Waals surface area contributed by atoms with Gasteiger partial charge in [0, 0.05) is 0 Å². The van der Waals surface area contributed by atoms with Gasteiger partial charge < -0.3 is 14.2 Å². The lowest BCUT2D eigenvalue weighted by atomic mass is 10.2. The van der Waals surface area contributed by atoms with Crippen molar-refractivity contribution in [2.45, 2.75) is 13.2 Å². The molecule has 0 spiro atoms. The lowest BCUT2D eigenvalue weighted by molar-refractivity contribution is 0.0457. The molecule has 0 fully saturated rings. The zero-order valence-electron chi connectivity index (χ0n) is 15.6. The number of methoxy groups -OCH3 is 2. The molecule has 29 heavy (non-hydrogen) atoms. The minimum Gasteiger partial charge on any atom is -0.493 e. The van der Waals surface area contributed by atoms with E-state index in [0.717, 1.165) is 0 Å². The molecule has 0 N–H and O–H groups in total. The normalized spacial score (nSPS) is 10.4. The number of halogens is 1. The Balaban J connectivity index is 1.92. The summed E-state index contributed by atoms with van der Waals surface area (Å²) in [6, 6.07) is 11.5. The Labute approximate surface area is 170 Å². The molecule has 8 nitrogen and oxygen atoms in total. The van der Waals surface area contributed by atoms with Crippen LogP contribution in [-0.4, -0.2) is 29.7 Å². The fourth-order valence-corrected chi connectivity index (χ4v) is 3.09. The average Bonchev–Trinajstić information content (AvgIpc) is 2.73. The number of carbonyl (C=O) groups excluding carboxylic acids is 1. The van der Waals surface area contributed by atoms with Gasteiger partial charge in [-0.1, -0.05) is 23.7 Å². The fraction of sp³-hybridized carbons (Fsp3) is 0.200. The van der Waals surface area contributed by atoms with Crippen LogP contribution in [-0.2, 0) is 17.9 Å². The number of carbonyl (C=O) groups is 1. The standard InChI is InChI=1S/C20H16ClN3O5/c1-27-16-10-12(9-14(21)18(16)28-2)20(26)29-11-17-23-15-6-4-3-5-13(15)19(25)24(17)8-7-22/h3-6,9-10H,8,11H2,1-2H3. The van der Waals surface area contributed by atoms with Crippen LogP contribution >= 0.6 is 11.6 Å². The highest BCUT2D eigenvalue weighted by Crippen LogP contribution is 2.36. The zero-order valence-corrected chi connectivity index (χ0v) is 16.4. The number of benzene rings is 2. The molecule has 9 heteroatoms. The minimum absolute atomic E-state index is 0.141. The van der Waals surface area contributed by atoms with Crippen molar-refractivity contribution in [3.63, 3.8) is 0 Å². The number of fused-ring (bicyclic) bond motifs is 1. The Hall–Kier alpha value is -3.57. The van der Waals surface area contributed by atoms with Crippen LogP contribution in [0.3, 0.4) is 0 Å². The third-order valence-electron chi connectivity index (χ3n) is 4.17. The van der Waals surface area contributed by atoms with Crippen molar-refractivity contribution in [1.29, 1.82) is 5.26 Å². The maximum Gasteiger partial charge on any atom is 0.338 e. The van der Waals surface area contributed by atoms with Crippen LogP contribution < -0.4 is 15.0 Å². The van der Waals surface area contributed by atoms with E-state index in [1.807, 2.05) is 6.07 Å². The fourth-order valence-electron chi connectivity index (χ4n) is 2.81. The third kappa shape index (κ3) is 4.00. The van der Waals surface area contributed by atoms with Gasteiger partial charge in [0.1, 0.15) is 13.2 Å². The topological polar surface area (TPSA) is 103 Å². The van der Waals surface area contributed by atoms with Crippen LogP contribution in [0.15, 0.2) is 41.2 Å². The van der Waals surface area contributed by atoms with Crippen molar-refractivity contribution in [2.75, 3.05) is 14.2 Å². The summed E-state index contributed by atoms with van der Waals surface area (Å²) < 4.78 is 16.8. The lowest BCUT2D eigenvalue weighted by Gasteiger charge is -2.13. The van der Waals surface area contributed by atoms with Gasteiger partial charge in [-0.2, -0.15) is 5.26 Å². The first-order chi connectivity index (χ1) is 14.0. The summed E-state index contributed by atoms with van der Waals surface area (Å²) in [4.78, 5) is 29.5. The first kappa shape index (κ1) is 20.2. The molecule has 3 rings (SSSR count). The zero-order chi connectivity index (χ0) is 21.0. The van der Waals surface area contributed by atoms with Crippen LogP contribution in [0, 0.1) is 11.3 Å². The number of nitrogens with zero attached hydrogens (tertiary/aromatic N) is 3. The van der Waals surface area contributed by atoms with E-state index < -0.39 is 5.97 Å². The molecule has 0 saturated heterocycles. The third-order valence-corrected chi connectivity index (χ3v) is 4.45. The highest BCUT2D eigenvalue weighted by atomic mass is 35.5. The molecular formula is C20H16ClN3O5. The molecule has 0 aliphatic carbocycles. The van der Waals surface area contributed by atoms with Gasteiger partial charge >= 0.3 is 5.97 Å². The van der Waals surface area contributed by atoms with E-state index in [0.29, 0.717) is 16.7 Å². The smallest absolute Gasteiger partial charge is 0.338 e. The predicted molar refractivity (Wildman–Crippen MR) is 105 cm³/mol. The monoisotopic (exact) mass is 413 g/mol. The number of esters is 1. The van der Waals surface area contributed by atoms with Crippen molar-refractivity contribution < 1.29 is 19.0 Å². The van der Waals surface area contributed by atoms with Gasteiger partial charge in [-0.3, -0.25) is 9.36 Å². The van der Waals surface area contributed by atoms with Crippen LogP contribution in [0.25, 0.3) is 10.9 Å². The van der Waals surface area contributed by atoms with Crippen LogP contribution in [0.2, 0.25) is 5.02 Å². The van der Waals surface area contributed by atoms with Crippen LogP contribution in [0.5, 0.6) is 11.5 Å². The Morgan fingerprint density at radius 3 is 2.69 bits per heavy atom. The summed E-state index contributed by atoms with van der Waals surface area (Å²) >= 11 is 6.12. The van der Waals surface area contributed by atoms with E-state index in [-0.39, 0.29) is 40.9 Å². The van der Waals surface area contributed by atoms with Crippen molar-refractivity contribution in [3.05, 3.63) is 63.2 Å². The summed E-state index contributed by atoms with van der Waals surface area (Å²) in [6.07, 6.45) is 0. The number of aromatic nitrogens is 2. The molecule has 0 aliphatic rings. The Morgan fingerprint density at radius 1 is 1.24 bits per heavy atom. The van der Waals surface area contributed by atoms with Crippen LogP contribution in [0.4, 0.5) is 0 Å². The predicted octanol–water partition coefficient (Wildman–Crippen LogP) is 2.95. The summed E-state index contributed by atoms with van der Waals surface area (Å²) in [5, 5.41) is 9.61. The first-order valence-corrected chi connectivity index (χ1v) is 8.82. The van der Waals surface area contributed by atoms with Gasteiger partial charge in [0.05, 0.1) is 41.8 Å². The Kier molecular flexibility index (Phi) is 6.00. The van der Waals surface area contributed by atoms with E-state index in [4.69, 9.17) is 31.1 Å². The quantitative estimate of drug-likeness (QED) is 0.572. The maximum atomic E-state index is 12.6. The molecule has 0 saturated carbocycles. The van der Waals surface area contributed by atoms with Crippen molar-refractivity contribution in [2.24, 2.45) is 0 Å². The Bertz CT molecular complexity index is 1180. The molecule has 3 aromatic rings. The molecule has 0 aliphatic heterocycles. The van der Waals surface area contributed by atoms with Gasteiger partial charge in [-0.05, 0) is 24.3 Å². The first-order valence-electron chi connectivity index (χ1n) is 8.44. The Morgan fingerprint density at radius 2 is 2.00 bits per heavy atom. The van der Waals surface area contributed by atoms with E-state index >= 15 is 0 Å². The summed E-state index contributed by atoms with van der Waals surface area (Å²) in [6.45, 7) is -0.516. The average molecular weight is 414 g/mol. The summed E-state index contributed by atoms with van der Waals surface area (Å²) in [5.41, 5.74) is 0.215. The molecule has 0 radical (unpaired) electrons. The van der Waals surface area contributed by atoms with Crippen molar-refractivity contribution in [1.82, 2.24) is 9.55 Å². The van der Waals surface area contributed by atoms with Gasteiger partial charge in [-0.15, -0.1) is 0 Å². The number of ether oxygens (including phenoxy) is 3. The van der Waals surface area contributed by atoms with E-state index in [1.54, 1.807) is 24.3 Å². The molecule has 2 aromatic carbocycles. The summed E-state index contributed by atoms with van der Waals surface area (Å²) in [5.74, 6) is 0.0379. The number of para-hydroxylation sites is 1. The van der Waals surface area contributed by atoms with E-state index in [1.165, 1.54) is 30.9 Å². The molecule has 0 unspecified atom stereocenters. The van der Waals surface area contributed by atoms with Crippen LogP contribution in [0.1, 0.15) is 16.2 Å². The SMILES string of the molecule is COc1cc(C(=O)OCc2nc3ccccc3c(=O)n2CC#N)cc(Cl)c1OC. The molecule has 0 bridgehead atoms. The molecule has 1 heterocycles. The largest absolute Gasteiger partial charge is 0.493 e. The van der Waals surface area contributed by atoms with Crippen molar-refractivity contribution >= 4 is 28.5 Å². The second-order valence-corrected chi connectivity index (χ2v) is 6.27. The molecule has 1 aromatic heterocycles. The van der Waals surface area contributed by atoms with E-state index in [9.17, 15) is 9.59 Å². The number of hydrogen-bond donors (Lipinski definition) is 0. The lowest BCUT2D eigenvalue weighted by Crippen LogP contribution is -2.26. The van der Waals surface area contributed by atoms with Gasteiger partial charge in [-0.25, -0.2) is 9.78 Å². The second kappa shape index (κ2) is 8.63. The minimum atomic E-state index is -0.696.